The lowest BCUT2D eigenvalue weighted by molar-refractivity contribution is 0.102. The van der Waals surface area contributed by atoms with E-state index in [9.17, 15) is 4.79 Å². The van der Waals surface area contributed by atoms with Gasteiger partial charge in [0, 0.05) is 36.8 Å². The fourth-order valence-corrected chi connectivity index (χ4v) is 3.72. The normalized spacial score (nSPS) is 11.1. The van der Waals surface area contributed by atoms with E-state index in [0.29, 0.717) is 31.4 Å². The first-order valence-corrected chi connectivity index (χ1v) is 10.3. The van der Waals surface area contributed by atoms with Gasteiger partial charge in [0.05, 0.1) is 17.6 Å². The third-order valence-corrected chi connectivity index (χ3v) is 5.23. The third-order valence-electron chi connectivity index (χ3n) is 4.41. The summed E-state index contributed by atoms with van der Waals surface area (Å²) in [4.78, 5) is 26.1. The molecule has 0 atom stereocenters. The molecule has 3 aromatic heterocycles. The van der Waals surface area contributed by atoms with Crippen molar-refractivity contribution in [3.8, 4) is 0 Å². The van der Waals surface area contributed by atoms with Crippen molar-refractivity contribution in [2.24, 2.45) is 0 Å². The van der Waals surface area contributed by atoms with Gasteiger partial charge in [-0.25, -0.2) is 9.97 Å². The van der Waals surface area contributed by atoms with Crippen molar-refractivity contribution in [2.45, 2.75) is 26.5 Å². The lowest BCUT2D eigenvalue weighted by Crippen LogP contribution is -2.17. The Morgan fingerprint density at radius 2 is 2.03 bits per heavy atom. The number of hydrogen-bond acceptors (Lipinski definition) is 6. The summed E-state index contributed by atoms with van der Waals surface area (Å²) in [5, 5.41) is 5.44. The quantitative estimate of drug-likeness (QED) is 0.479. The van der Waals surface area contributed by atoms with Crippen LogP contribution in [0.2, 0.25) is 0 Å². The van der Waals surface area contributed by atoms with Crippen molar-refractivity contribution in [1.29, 1.82) is 0 Å². The van der Waals surface area contributed by atoms with Crippen LogP contribution in [0.4, 0.5) is 5.95 Å². The van der Waals surface area contributed by atoms with E-state index < -0.39 is 0 Å². The molecule has 0 aliphatic rings. The van der Waals surface area contributed by atoms with E-state index in [4.69, 9.17) is 4.74 Å². The zero-order chi connectivity index (χ0) is 20.1. The van der Waals surface area contributed by atoms with E-state index in [1.54, 1.807) is 11.6 Å². The topological polar surface area (TPSA) is 81.9 Å². The van der Waals surface area contributed by atoms with Crippen LogP contribution in [0.1, 0.15) is 28.1 Å². The molecule has 7 nitrogen and oxygen atoms in total. The standard InChI is InChI=1S/C21H21N5O2S/c1-2-28-13-19-23-17(14-29-19)20(27)25-21-24-16-8-3-4-9-18(16)26(21)12-10-15-7-5-6-11-22-15/h3-9,11,14H,2,10,12-13H2,1H3,(H,24,25,27). The Bertz CT molecular complexity index is 1110. The van der Waals surface area contributed by atoms with Crippen LogP contribution in [0, 0.1) is 0 Å². The van der Waals surface area contributed by atoms with E-state index in [0.717, 1.165) is 28.2 Å². The Morgan fingerprint density at radius 3 is 2.86 bits per heavy atom. The lowest BCUT2D eigenvalue weighted by atomic mass is 10.2. The van der Waals surface area contributed by atoms with E-state index >= 15 is 0 Å². The van der Waals surface area contributed by atoms with Crippen molar-refractivity contribution >= 4 is 34.2 Å². The van der Waals surface area contributed by atoms with Gasteiger partial charge in [-0.2, -0.15) is 0 Å². The number of pyridine rings is 1. The molecule has 0 spiro atoms. The number of nitrogens with zero attached hydrogens (tertiary/aromatic N) is 4. The second kappa shape index (κ2) is 8.93. The van der Waals surface area contributed by atoms with Crippen LogP contribution in [0.15, 0.2) is 54.0 Å². The number of nitrogens with one attached hydrogen (secondary N) is 1. The average molecular weight is 407 g/mol. The van der Waals surface area contributed by atoms with Crippen molar-refractivity contribution < 1.29 is 9.53 Å². The highest BCUT2D eigenvalue weighted by atomic mass is 32.1. The van der Waals surface area contributed by atoms with Gasteiger partial charge in [-0.3, -0.25) is 15.1 Å². The molecular formula is C21H21N5O2S. The van der Waals surface area contributed by atoms with E-state index in [1.165, 1.54) is 11.3 Å². The molecule has 0 unspecified atom stereocenters. The first kappa shape index (κ1) is 19.2. The molecule has 4 aromatic rings. The van der Waals surface area contributed by atoms with Crippen molar-refractivity contribution in [3.63, 3.8) is 0 Å². The highest BCUT2D eigenvalue weighted by molar-refractivity contribution is 7.09. The number of ether oxygens (including phenoxy) is 1. The van der Waals surface area contributed by atoms with E-state index in [-0.39, 0.29) is 5.91 Å². The first-order chi connectivity index (χ1) is 14.2. The van der Waals surface area contributed by atoms with Crippen molar-refractivity contribution in [3.05, 3.63) is 70.4 Å². The molecule has 1 N–H and O–H groups in total. The number of benzene rings is 1. The summed E-state index contributed by atoms with van der Waals surface area (Å²) in [6.07, 6.45) is 2.52. The molecule has 0 bridgehead atoms. The molecule has 1 aromatic carbocycles. The molecular weight excluding hydrogens is 386 g/mol. The van der Waals surface area contributed by atoms with Crippen LogP contribution in [0.25, 0.3) is 11.0 Å². The minimum absolute atomic E-state index is 0.279. The highest BCUT2D eigenvalue weighted by Gasteiger charge is 2.16. The molecule has 1 amide bonds. The van der Waals surface area contributed by atoms with Crippen molar-refractivity contribution in [2.75, 3.05) is 11.9 Å². The van der Waals surface area contributed by atoms with Crippen LogP contribution in [-0.4, -0.2) is 32.0 Å². The summed E-state index contributed by atoms with van der Waals surface area (Å²) >= 11 is 1.41. The van der Waals surface area contributed by atoms with Gasteiger partial charge < -0.3 is 9.30 Å². The fourth-order valence-electron chi connectivity index (χ4n) is 3.01. The first-order valence-electron chi connectivity index (χ1n) is 9.43. The Hall–Kier alpha value is -3.10. The zero-order valence-corrected chi connectivity index (χ0v) is 16.9. The summed E-state index contributed by atoms with van der Waals surface area (Å²) in [6, 6.07) is 13.7. The minimum atomic E-state index is -0.279. The number of aryl methyl sites for hydroxylation is 2. The second-order valence-electron chi connectivity index (χ2n) is 6.36. The number of carbonyl (C=O) groups is 1. The number of carbonyl (C=O) groups excluding carboxylic acids is 1. The number of aromatic nitrogens is 4. The van der Waals surface area contributed by atoms with Crippen LogP contribution in [0.5, 0.6) is 0 Å². The summed E-state index contributed by atoms with van der Waals surface area (Å²) in [7, 11) is 0. The Morgan fingerprint density at radius 1 is 1.17 bits per heavy atom. The van der Waals surface area contributed by atoms with Crippen LogP contribution >= 0.6 is 11.3 Å². The number of amides is 1. The van der Waals surface area contributed by atoms with Crippen LogP contribution in [-0.2, 0) is 24.3 Å². The number of hydrogen-bond donors (Lipinski definition) is 1. The Labute approximate surface area is 172 Å². The zero-order valence-electron chi connectivity index (χ0n) is 16.0. The monoisotopic (exact) mass is 407 g/mol. The summed E-state index contributed by atoms with van der Waals surface area (Å²) in [5.41, 5.74) is 3.16. The molecule has 0 aliphatic carbocycles. The Kier molecular flexibility index (Phi) is 5.92. The molecule has 4 rings (SSSR count). The van der Waals surface area contributed by atoms with Crippen LogP contribution < -0.4 is 5.32 Å². The third kappa shape index (κ3) is 4.49. The fraction of sp³-hybridized carbons (Fsp3) is 0.238. The van der Waals surface area contributed by atoms with E-state index in [2.05, 4.69) is 20.3 Å². The van der Waals surface area contributed by atoms with Gasteiger partial charge in [-0.15, -0.1) is 11.3 Å². The Balaban J connectivity index is 1.56. The van der Waals surface area contributed by atoms with Gasteiger partial charge in [0.25, 0.3) is 5.91 Å². The maximum absolute atomic E-state index is 12.7. The van der Waals surface area contributed by atoms with Gasteiger partial charge in [0.2, 0.25) is 5.95 Å². The SMILES string of the molecule is CCOCc1nc(C(=O)Nc2nc3ccccc3n2CCc2ccccn2)cs1. The molecule has 0 saturated heterocycles. The number of fused-ring (bicyclic) bond motifs is 1. The number of anilines is 1. The second-order valence-corrected chi connectivity index (χ2v) is 7.31. The largest absolute Gasteiger partial charge is 0.375 e. The number of para-hydroxylation sites is 2. The molecule has 0 radical (unpaired) electrons. The minimum Gasteiger partial charge on any atom is -0.375 e. The van der Waals surface area contributed by atoms with Crippen LogP contribution in [0.3, 0.4) is 0 Å². The van der Waals surface area contributed by atoms with Gasteiger partial charge in [0.15, 0.2) is 0 Å². The van der Waals surface area contributed by atoms with Crippen molar-refractivity contribution in [1.82, 2.24) is 19.5 Å². The smallest absolute Gasteiger partial charge is 0.277 e. The predicted molar refractivity (Wildman–Crippen MR) is 113 cm³/mol. The van der Waals surface area contributed by atoms with Gasteiger partial charge in [0.1, 0.15) is 10.7 Å². The maximum atomic E-state index is 12.7. The molecule has 148 valence electrons. The van der Waals surface area contributed by atoms with Gasteiger partial charge in [-0.1, -0.05) is 18.2 Å². The molecule has 29 heavy (non-hydrogen) atoms. The summed E-state index contributed by atoms with van der Waals surface area (Å²) < 4.78 is 7.37. The van der Waals surface area contributed by atoms with Gasteiger partial charge in [-0.05, 0) is 31.2 Å². The maximum Gasteiger partial charge on any atom is 0.277 e. The molecule has 8 heteroatoms. The van der Waals surface area contributed by atoms with E-state index in [1.807, 2.05) is 54.0 Å². The number of imidazole rings is 1. The molecule has 0 aliphatic heterocycles. The average Bonchev–Trinajstić information content (AvgIpc) is 3.36. The lowest BCUT2D eigenvalue weighted by Gasteiger charge is -2.09. The summed E-state index contributed by atoms with van der Waals surface area (Å²) in [6.45, 7) is 3.61. The summed E-state index contributed by atoms with van der Waals surface area (Å²) in [5.74, 6) is 0.227. The number of rotatable bonds is 8. The number of thiazole rings is 1. The molecule has 3 heterocycles. The molecule has 0 fully saturated rings. The predicted octanol–water partition coefficient (Wildman–Crippen LogP) is 3.92. The van der Waals surface area contributed by atoms with Gasteiger partial charge >= 0.3 is 0 Å². The molecule has 0 saturated carbocycles. The highest BCUT2D eigenvalue weighted by Crippen LogP contribution is 2.21.